The van der Waals surface area contributed by atoms with Crippen LogP contribution >= 0.6 is 0 Å². The van der Waals surface area contributed by atoms with Gasteiger partial charge in [0.1, 0.15) is 5.82 Å². The van der Waals surface area contributed by atoms with E-state index in [-0.39, 0.29) is 5.82 Å². The summed E-state index contributed by atoms with van der Waals surface area (Å²) in [5.74, 6) is 0.359. The molecule has 1 aliphatic rings. The van der Waals surface area contributed by atoms with E-state index in [0.717, 1.165) is 18.8 Å². The Bertz CT molecular complexity index is 445. The molecule has 2 unspecified atom stereocenters. The van der Waals surface area contributed by atoms with Crippen LogP contribution in [0.5, 0.6) is 0 Å². The second-order valence-electron chi connectivity index (χ2n) is 5.57. The number of aryl methyl sites for hydroxylation is 1. The van der Waals surface area contributed by atoms with Crippen LogP contribution in [0.4, 0.5) is 15.8 Å². The Morgan fingerprint density at radius 2 is 2.00 bits per heavy atom. The lowest BCUT2D eigenvalue weighted by atomic mass is 10.1. The number of benzene rings is 1. The zero-order valence-corrected chi connectivity index (χ0v) is 11.6. The molecule has 0 aromatic heterocycles. The van der Waals surface area contributed by atoms with Crippen molar-refractivity contribution < 1.29 is 4.39 Å². The largest absolute Gasteiger partial charge is 0.397 e. The van der Waals surface area contributed by atoms with Crippen molar-refractivity contribution in [3.05, 3.63) is 23.5 Å². The molecule has 1 aliphatic heterocycles. The third kappa shape index (κ3) is 2.29. The average Bonchev–Trinajstić information content (AvgIpc) is 2.65. The summed E-state index contributed by atoms with van der Waals surface area (Å²) in [6, 6.07) is 3.81. The molecular weight excluding hydrogens is 229 g/mol. The van der Waals surface area contributed by atoms with Gasteiger partial charge in [0.05, 0.1) is 11.4 Å². The first kappa shape index (κ1) is 13.1. The second kappa shape index (κ2) is 4.76. The first-order valence-corrected chi connectivity index (χ1v) is 6.37. The Morgan fingerprint density at radius 1 is 1.33 bits per heavy atom. The van der Waals surface area contributed by atoms with Gasteiger partial charge in [-0.3, -0.25) is 0 Å². The number of likely N-dealkylation sites (N-methyl/N-ethyl adjacent to an activating group) is 1. The maximum absolute atomic E-state index is 13.4. The van der Waals surface area contributed by atoms with Crippen LogP contribution in [0, 0.1) is 18.7 Å². The molecule has 2 atom stereocenters. The molecule has 0 radical (unpaired) electrons. The summed E-state index contributed by atoms with van der Waals surface area (Å²) in [4.78, 5) is 4.51. The lowest BCUT2D eigenvalue weighted by Gasteiger charge is -2.24. The van der Waals surface area contributed by atoms with E-state index in [1.807, 2.05) is 6.07 Å². The highest BCUT2D eigenvalue weighted by molar-refractivity contribution is 5.69. The molecule has 1 fully saturated rings. The lowest BCUT2D eigenvalue weighted by molar-refractivity contribution is 0.266. The van der Waals surface area contributed by atoms with Crippen LogP contribution in [0.25, 0.3) is 0 Å². The Kier molecular flexibility index (Phi) is 3.48. The first-order valence-electron chi connectivity index (χ1n) is 6.37. The van der Waals surface area contributed by atoms with Gasteiger partial charge in [0.25, 0.3) is 0 Å². The molecule has 2 N–H and O–H groups in total. The Morgan fingerprint density at radius 3 is 2.56 bits per heavy atom. The molecule has 100 valence electrons. The summed E-state index contributed by atoms with van der Waals surface area (Å²) >= 11 is 0. The fraction of sp³-hybridized carbons (Fsp3) is 0.571. The first-order chi connectivity index (χ1) is 8.40. The van der Waals surface area contributed by atoms with Gasteiger partial charge in [-0.2, -0.15) is 0 Å². The molecule has 0 spiro atoms. The van der Waals surface area contributed by atoms with Crippen LogP contribution in [0.2, 0.25) is 0 Å². The van der Waals surface area contributed by atoms with Gasteiger partial charge in [-0.15, -0.1) is 0 Å². The minimum Gasteiger partial charge on any atom is -0.397 e. The molecule has 3 nitrogen and oxygen atoms in total. The van der Waals surface area contributed by atoms with E-state index in [1.165, 1.54) is 6.07 Å². The van der Waals surface area contributed by atoms with Gasteiger partial charge in [0.2, 0.25) is 0 Å². The van der Waals surface area contributed by atoms with Gasteiger partial charge in [-0.25, -0.2) is 4.39 Å². The predicted molar refractivity (Wildman–Crippen MR) is 74.4 cm³/mol. The molecule has 0 saturated carbocycles. The summed E-state index contributed by atoms with van der Waals surface area (Å²) in [5, 5.41) is 0. The monoisotopic (exact) mass is 251 g/mol. The molecule has 1 heterocycles. The average molecular weight is 251 g/mol. The van der Waals surface area contributed by atoms with Gasteiger partial charge >= 0.3 is 0 Å². The number of hydrogen-bond donors (Lipinski definition) is 1. The van der Waals surface area contributed by atoms with Gasteiger partial charge in [-0.1, -0.05) is 6.92 Å². The van der Waals surface area contributed by atoms with Gasteiger partial charge in [0.15, 0.2) is 0 Å². The molecule has 1 aromatic rings. The highest BCUT2D eigenvalue weighted by Gasteiger charge is 2.31. The summed E-state index contributed by atoms with van der Waals surface area (Å²) in [7, 11) is 4.20. The van der Waals surface area contributed by atoms with Gasteiger partial charge in [-0.05, 0) is 44.6 Å². The predicted octanol–water partition coefficient (Wildman–Crippen LogP) is 2.10. The maximum atomic E-state index is 13.4. The quantitative estimate of drug-likeness (QED) is 0.817. The number of rotatable bonds is 2. The SMILES string of the molecule is Cc1cc(N2CC(C)C(N(C)C)C2)c(N)cc1F. The third-order valence-corrected chi connectivity index (χ3v) is 3.88. The summed E-state index contributed by atoms with van der Waals surface area (Å²) in [6.45, 7) is 5.94. The van der Waals surface area contributed by atoms with Crippen LogP contribution in [0.15, 0.2) is 12.1 Å². The van der Waals surface area contributed by atoms with Crippen LogP contribution < -0.4 is 10.6 Å². The standard InChI is InChI=1S/C14H22FN3/c1-9-5-13(12(16)6-11(9)15)18-7-10(2)14(8-18)17(3)4/h5-6,10,14H,7-8,16H2,1-4H3. The number of nitrogens with two attached hydrogens (primary N) is 1. The van der Waals surface area contributed by atoms with Crippen LogP contribution in [-0.4, -0.2) is 38.1 Å². The van der Waals surface area contributed by atoms with Crippen molar-refractivity contribution >= 4 is 11.4 Å². The molecule has 0 aliphatic carbocycles. The zero-order valence-electron chi connectivity index (χ0n) is 11.6. The number of anilines is 2. The fourth-order valence-electron chi connectivity index (χ4n) is 2.77. The molecule has 0 amide bonds. The maximum Gasteiger partial charge on any atom is 0.128 e. The second-order valence-corrected chi connectivity index (χ2v) is 5.57. The topological polar surface area (TPSA) is 32.5 Å². The molecule has 0 bridgehead atoms. The van der Waals surface area contributed by atoms with E-state index in [2.05, 4.69) is 30.8 Å². The summed E-state index contributed by atoms with van der Waals surface area (Å²) in [5.41, 5.74) is 8.09. The molecule has 1 aromatic carbocycles. The lowest BCUT2D eigenvalue weighted by Crippen LogP contribution is -2.34. The minimum atomic E-state index is -0.229. The minimum absolute atomic E-state index is 0.229. The number of nitrogens with zero attached hydrogens (tertiary/aromatic N) is 2. The van der Waals surface area contributed by atoms with Crippen molar-refractivity contribution in [2.24, 2.45) is 5.92 Å². The molecule has 1 saturated heterocycles. The smallest absolute Gasteiger partial charge is 0.128 e. The Labute approximate surface area is 108 Å². The van der Waals surface area contributed by atoms with E-state index in [0.29, 0.717) is 23.2 Å². The van der Waals surface area contributed by atoms with E-state index >= 15 is 0 Å². The highest BCUT2D eigenvalue weighted by atomic mass is 19.1. The normalized spacial score (nSPS) is 24.0. The van der Waals surface area contributed by atoms with Crippen molar-refractivity contribution in [3.63, 3.8) is 0 Å². The van der Waals surface area contributed by atoms with Crippen LogP contribution in [0.3, 0.4) is 0 Å². The Balaban J connectivity index is 2.26. The van der Waals surface area contributed by atoms with E-state index in [4.69, 9.17) is 5.73 Å². The van der Waals surface area contributed by atoms with Crippen LogP contribution in [0.1, 0.15) is 12.5 Å². The highest BCUT2D eigenvalue weighted by Crippen LogP contribution is 2.32. The van der Waals surface area contributed by atoms with Crippen molar-refractivity contribution in [1.82, 2.24) is 4.90 Å². The molecule has 4 heteroatoms. The van der Waals surface area contributed by atoms with Crippen molar-refractivity contribution in [1.29, 1.82) is 0 Å². The van der Waals surface area contributed by atoms with Crippen molar-refractivity contribution in [3.8, 4) is 0 Å². The molecule has 18 heavy (non-hydrogen) atoms. The van der Waals surface area contributed by atoms with Crippen molar-refractivity contribution in [2.75, 3.05) is 37.8 Å². The fourth-order valence-corrected chi connectivity index (χ4v) is 2.77. The number of nitrogen functional groups attached to an aromatic ring is 1. The molecular formula is C14H22FN3. The number of halogens is 1. The summed E-state index contributed by atoms with van der Waals surface area (Å²) < 4.78 is 13.4. The zero-order chi connectivity index (χ0) is 13.4. The Hall–Kier alpha value is -1.29. The van der Waals surface area contributed by atoms with Gasteiger partial charge < -0.3 is 15.5 Å². The van der Waals surface area contributed by atoms with E-state index in [9.17, 15) is 4.39 Å². The third-order valence-electron chi connectivity index (χ3n) is 3.88. The van der Waals surface area contributed by atoms with Crippen molar-refractivity contribution in [2.45, 2.75) is 19.9 Å². The van der Waals surface area contributed by atoms with Crippen LogP contribution in [-0.2, 0) is 0 Å². The van der Waals surface area contributed by atoms with Gasteiger partial charge in [0, 0.05) is 19.1 Å². The van der Waals surface area contributed by atoms with E-state index < -0.39 is 0 Å². The summed E-state index contributed by atoms with van der Waals surface area (Å²) in [6.07, 6.45) is 0. The molecule has 2 rings (SSSR count). The van der Waals surface area contributed by atoms with E-state index in [1.54, 1.807) is 6.92 Å². The number of hydrogen-bond acceptors (Lipinski definition) is 3.